The maximum absolute atomic E-state index is 3.34. The van der Waals surface area contributed by atoms with Gasteiger partial charge in [-0.15, -0.1) is 0 Å². The van der Waals surface area contributed by atoms with Gasteiger partial charge in [-0.1, -0.05) is 30.3 Å². The molecule has 0 fully saturated rings. The van der Waals surface area contributed by atoms with E-state index in [2.05, 4.69) is 48.6 Å². The van der Waals surface area contributed by atoms with E-state index in [1.807, 2.05) is 44.2 Å². The van der Waals surface area contributed by atoms with Gasteiger partial charge in [0.1, 0.15) is 0 Å². The molecule has 0 radical (unpaired) electrons. The lowest BCUT2D eigenvalue weighted by Gasteiger charge is -2.06. The van der Waals surface area contributed by atoms with Crippen LogP contribution in [0.25, 0.3) is 0 Å². The minimum Gasteiger partial charge on any atom is -0.356 e. The zero-order valence-electron chi connectivity index (χ0n) is 11.6. The molecule has 2 aromatic carbocycles. The van der Waals surface area contributed by atoms with Crippen LogP contribution in [0.4, 0.5) is 11.4 Å². The fraction of sp³-hybridized carbons (Fsp3) is 0.250. The third kappa shape index (κ3) is 6.06. The molecule has 0 amide bonds. The van der Waals surface area contributed by atoms with Crippen LogP contribution in [0.15, 0.2) is 54.6 Å². The van der Waals surface area contributed by atoms with Crippen LogP contribution in [-0.4, -0.2) is 26.0 Å². The van der Waals surface area contributed by atoms with Crippen molar-refractivity contribution in [3.63, 3.8) is 0 Å². The second-order valence-corrected chi connectivity index (χ2v) is 4.70. The molecule has 0 aromatic heterocycles. The molecule has 0 aliphatic rings. The Morgan fingerprint density at radius 2 is 1.33 bits per heavy atom. The molecule has 0 saturated heterocycles. The molecule has 18 heavy (non-hydrogen) atoms. The topological polar surface area (TPSA) is 15.3 Å². The number of hydrogen-bond acceptors (Lipinski definition) is 2. The number of anilines is 2. The standard InChI is InChI=1S/C13H13N.C3H9N/c1-11-6-5-9-13(10-11)14-12-7-3-2-4-8-12;1-4(2)3/h2-10,14H,1H3;1-3H3. The van der Waals surface area contributed by atoms with Crippen molar-refractivity contribution < 1.29 is 0 Å². The maximum atomic E-state index is 3.34. The van der Waals surface area contributed by atoms with Crippen LogP contribution in [0, 0.1) is 6.92 Å². The summed E-state index contributed by atoms with van der Waals surface area (Å²) in [6.07, 6.45) is 0. The van der Waals surface area contributed by atoms with Crippen LogP contribution in [0.2, 0.25) is 0 Å². The highest BCUT2D eigenvalue weighted by molar-refractivity contribution is 5.59. The lowest BCUT2D eigenvalue weighted by atomic mass is 10.2. The van der Waals surface area contributed by atoms with Gasteiger partial charge in [0.2, 0.25) is 0 Å². The summed E-state index contributed by atoms with van der Waals surface area (Å²) in [5.41, 5.74) is 3.53. The lowest BCUT2D eigenvalue weighted by molar-refractivity contribution is 0.505. The van der Waals surface area contributed by atoms with Crippen LogP contribution >= 0.6 is 0 Å². The summed E-state index contributed by atoms with van der Waals surface area (Å²) in [5.74, 6) is 0. The Morgan fingerprint density at radius 3 is 1.89 bits per heavy atom. The second kappa shape index (κ2) is 7.51. The molecule has 1 N–H and O–H groups in total. The van der Waals surface area contributed by atoms with Gasteiger partial charge >= 0.3 is 0 Å². The number of rotatable bonds is 2. The largest absolute Gasteiger partial charge is 0.356 e. The van der Waals surface area contributed by atoms with E-state index < -0.39 is 0 Å². The normalized spacial score (nSPS) is 9.61. The Kier molecular flexibility index (Phi) is 5.95. The Hall–Kier alpha value is -1.80. The van der Waals surface area contributed by atoms with E-state index in [1.54, 1.807) is 0 Å². The van der Waals surface area contributed by atoms with Gasteiger partial charge in [-0.2, -0.15) is 0 Å². The molecule has 0 aliphatic carbocycles. The summed E-state index contributed by atoms with van der Waals surface area (Å²) in [6, 6.07) is 18.5. The average Bonchev–Trinajstić information content (AvgIpc) is 2.29. The second-order valence-electron chi connectivity index (χ2n) is 4.70. The monoisotopic (exact) mass is 242 g/mol. The Labute approximate surface area is 110 Å². The maximum Gasteiger partial charge on any atom is 0.0386 e. The highest BCUT2D eigenvalue weighted by Gasteiger charge is 1.92. The third-order valence-electron chi connectivity index (χ3n) is 2.08. The van der Waals surface area contributed by atoms with Gasteiger partial charge < -0.3 is 10.2 Å². The number of para-hydroxylation sites is 1. The first-order chi connectivity index (χ1) is 8.58. The summed E-state index contributed by atoms with van der Waals surface area (Å²) in [7, 11) is 6.00. The van der Waals surface area contributed by atoms with Crippen molar-refractivity contribution in [1.82, 2.24) is 4.90 Å². The van der Waals surface area contributed by atoms with Gasteiger partial charge in [0.25, 0.3) is 0 Å². The minimum atomic E-state index is 1.12. The van der Waals surface area contributed by atoms with Crippen LogP contribution in [-0.2, 0) is 0 Å². The smallest absolute Gasteiger partial charge is 0.0386 e. The molecule has 2 heteroatoms. The van der Waals surface area contributed by atoms with Gasteiger partial charge in [-0.25, -0.2) is 0 Å². The van der Waals surface area contributed by atoms with Crippen molar-refractivity contribution >= 4 is 11.4 Å². The molecule has 96 valence electrons. The van der Waals surface area contributed by atoms with Crippen molar-refractivity contribution in [1.29, 1.82) is 0 Å². The van der Waals surface area contributed by atoms with Crippen LogP contribution in [0.3, 0.4) is 0 Å². The van der Waals surface area contributed by atoms with Crippen molar-refractivity contribution in [2.75, 3.05) is 26.5 Å². The predicted molar refractivity (Wildman–Crippen MR) is 80.5 cm³/mol. The summed E-state index contributed by atoms with van der Waals surface area (Å²) in [5, 5.41) is 3.34. The van der Waals surface area contributed by atoms with Crippen LogP contribution in [0.5, 0.6) is 0 Å². The van der Waals surface area contributed by atoms with Crippen molar-refractivity contribution in [3.05, 3.63) is 60.2 Å². The number of hydrogen-bond donors (Lipinski definition) is 1. The van der Waals surface area contributed by atoms with E-state index >= 15 is 0 Å². The molecule has 0 saturated carbocycles. The zero-order chi connectivity index (χ0) is 13.4. The first kappa shape index (κ1) is 14.3. The predicted octanol–water partition coefficient (Wildman–Crippen LogP) is 3.92. The Balaban J connectivity index is 0.000000357. The first-order valence-corrected chi connectivity index (χ1v) is 6.07. The van der Waals surface area contributed by atoms with E-state index in [4.69, 9.17) is 0 Å². The lowest BCUT2D eigenvalue weighted by Crippen LogP contribution is -1.99. The van der Waals surface area contributed by atoms with E-state index in [0.29, 0.717) is 0 Å². The molecule has 0 atom stereocenters. The van der Waals surface area contributed by atoms with Crippen molar-refractivity contribution in [3.8, 4) is 0 Å². The fourth-order valence-corrected chi connectivity index (χ4v) is 1.41. The Morgan fingerprint density at radius 1 is 0.778 bits per heavy atom. The Bertz CT molecular complexity index is 447. The fourth-order valence-electron chi connectivity index (χ4n) is 1.41. The summed E-state index contributed by atoms with van der Waals surface area (Å²) in [6.45, 7) is 2.09. The van der Waals surface area contributed by atoms with E-state index in [9.17, 15) is 0 Å². The van der Waals surface area contributed by atoms with Gasteiger partial charge in [0.15, 0.2) is 0 Å². The van der Waals surface area contributed by atoms with E-state index in [-0.39, 0.29) is 0 Å². The highest BCUT2D eigenvalue weighted by atomic mass is 15.0. The zero-order valence-corrected chi connectivity index (χ0v) is 11.6. The van der Waals surface area contributed by atoms with Crippen molar-refractivity contribution in [2.24, 2.45) is 0 Å². The van der Waals surface area contributed by atoms with Gasteiger partial charge in [-0.05, 0) is 57.9 Å². The number of benzene rings is 2. The first-order valence-electron chi connectivity index (χ1n) is 6.07. The molecule has 0 heterocycles. The number of aryl methyl sites for hydroxylation is 1. The van der Waals surface area contributed by atoms with Crippen LogP contribution < -0.4 is 5.32 Å². The SMILES string of the molecule is CN(C)C.Cc1cccc(Nc2ccccc2)c1. The van der Waals surface area contributed by atoms with Crippen LogP contribution in [0.1, 0.15) is 5.56 Å². The molecular formula is C16H22N2. The van der Waals surface area contributed by atoms with Gasteiger partial charge in [0.05, 0.1) is 0 Å². The number of nitrogens with one attached hydrogen (secondary N) is 1. The van der Waals surface area contributed by atoms with Crippen molar-refractivity contribution in [2.45, 2.75) is 6.92 Å². The molecule has 0 spiro atoms. The highest BCUT2D eigenvalue weighted by Crippen LogP contribution is 2.16. The van der Waals surface area contributed by atoms with Gasteiger partial charge in [0, 0.05) is 11.4 Å². The molecule has 2 aromatic rings. The third-order valence-corrected chi connectivity index (χ3v) is 2.08. The molecule has 0 unspecified atom stereocenters. The minimum absolute atomic E-state index is 1.12. The molecular weight excluding hydrogens is 220 g/mol. The van der Waals surface area contributed by atoms with E-state index in [1.165, 1.54) is 5.56 Å². The molecule has 2 rings (SSSR count). The van der Waals surface area contributed by atoms with E-state index in [0.717, 1.165) is 11.4 Å². The molecule has 2 nitrogen and oxygen atoms in total. The molecule has 0 bridgehead atoms. The quantitative estimate of drug-likeness (QED) is 0.858. The van der Waals surface area contributed by atoms with Gasteiger partial charge in [-0.3, -0.25) is 0 Å². The number of nitrogens with zero attached hydrogens (tertiary/aromatic N) is 1. The summed E-state index contributed by atoms with van der Waals surface area (Å²) < 4.78 is 0. The summed E-state index contributed by atoms with van der Waals surface area (Å²) in [4.78, 5) is 2.00. The summed E-state index contributed by atoms with van der Waals surface area (Å²) >= 11 is 0. The average molecular weight is 242 g/mol. The molecule has 0 aliphatic heterocycles.